The first-order valence-electron chi connectivity index (χ1n) is 10.2. The van der Waals surface area contributed by atoms with Gasteiger partial charge < -0.3 is 4.90 Å². The zero-order chi connectivity index (χ0) is 21.6. The summed E-state index contributed by atoms with van der Waals surface area (Å²) in [6, 6.07) is 3.72. The summed E-state index contributed by atoms with van der Waals surface area (Å²) < 4.78 is 41.5. The lowest BCUT2D eigenvalue weighted by Gasteiger charge is -2.27. The molecule has 1 aromatic rings. The minimum Gasteiger partial charge on any atom is -0.337 e. The van der Waals surface area contributed by atoms with Crippen LogP contribution in [0, 0.1) is 11.7 Å². The number of hydrogen-bond acceptors (Lipinski definition) is 5. The molecule has 162 valence electrons. The third-order valence-electron chi connectivity index (χ3n) is 6.54. The number of likely N-dealkylation sites (N-methyl/N-ethyl adjacent to an activating group) is 1. The highest BCUT2D eigenvalue weighted by molar-refractivity contribution is 7.90. The summed E-state index contributed by atoms with van der Waals surface area (Å²) in [5, 5.41) is 0. The molecule has 2 unspecified atom stereocenters. The SMILES string of the molecule is C=C1CC(C(=O)NS(=O)(=O)c2cc(F)cc(C(=O)N3CCC4CCC(C3)N4C)c2)C1. The first-order valence-corrected chi connectivity index (χ1v) is 11.7. The first-order chi connectivity index (χ1) is 14.1. The van der Waals surface area contributed by atoms with Crippen molar-refractivity contribution in [1.29, 1.82) is 0 Å². The van der Waals surface area contributed by atoms with Gasteiger partial charge >= 0.3 is 0 Å². The Morgan fingerprint density at radius 2 is 1.83 bits per heavy atom. The van der Waals surface area contributed by atoms with Crippen LogP contribution in [0.4, 0.5) is 4.39 Å². The summed E-state index contributed by atoms with van der Waals surface area (Å²) >= 11 is 0. The number of likely N-dealkylation sites (tertiary alicyclic amines) is 1. The molecule has 3 aliphatic rings. The van der Waals surface area contributed by atoms with E-state index in [1.54, 1.807) is 4.90 Å². The smallest absolute Gasteiger partial charge is 0.264 e. The molecule has 1 aromatic carbocycles. The van der Waals surface area contributed by atoms with Gasteiger partial charge in [-0.25, -0.2) is 17.5 Å². The van der Waals surface area contributed by atoms with Crippen molar-refractivity contribution in [3.8, 4) is 0 Å². The molecule has 2 heterocycles. The molecule has 2 saturated heterocycles. The average Bonchev–Trinajstić information content (AvgIpc) is 2.89. The normalized spacial score (nSPS) is 25.0. The van der Waals surface area contributed by atoms with Crippen LogP contribution in [0.5, 0.6) is 0 Å². The standard InChI is InChI=1S/C21H26FN3O4S/c1-13-7-14(8-13)20(26)23-30(28,29)19-10-15(9-16(22)11-19)21(27)25-6-5-17-3-4-18(12-25)24(17)2/h9-11,14,17-18H,1,3-8,12H2,2H3,(H,23,26). The number of nitrogens with one attached hydrogen (secondary N) is 1. The Labute approximate surface area is 176 Å². The molecule has 2 bridgehead atoms. The van der Waals surface area contributed by atoms with E-state index in [4.69, 9.17) is 0 Å². The molecule has 1 N–H and O–H groups in total. The summed E-state index contributed by atoms with van der Waals surface area (Å²) in [6.45, 7) is 4.82. The van der Waals surface area contributed by atoms with E-state index < -0.39 is 38.5 Å². The Balaban J connectivity index is 1.53. The fourth-order valence-electron chi connectivity index (χ4n) is 4.61. The third kappa shape index (κ3) is 4.00. The van der Waals surface area contributed by atoms with Crippen LogP contribution in [-0.2, 0) is 14.8 Å². The van der Waals surface area contributed by atoms with Gasteiger partial charge in [0.05, 0.1) is 4.90 Å². The van der Waals surface area contributed by atoms with E-state index >= 15 is 0 Å². The average molecular weight is 436 g/mol. The van der Waals surface area contributed by atoms with Crippen molar-refractivity contribution in [2.45, 2.75) is 49.1 Å². The number of carbonyl (C=O) groups is 2. The Morgan fingerprint density at radius 1 is 1.13 bits per heavy atom. The van der Waals surface area contributed by atoms with Gasteiger partial charge in [-0.15, -0.1) is 0 Å². The van der Waals surface area contributed by atoms with Crippen LogP contribution in [0.3, 0.4) is 0 Å². The van der Waals surface area contributed by atoms with Gasteiger partial charge in [-0.3, -0.25) is 14.5 Å². The zero-order valence-corrected chi connectivity index (χ0v) is 17.8. The van der Waals surface area contributed by atoms with Crippen LogP contribution in [0.2, 0.25) is 0 Å². The molecule has 30 heavy (non-hydrogen) atoms. The van der Waals surface area contributed by atoms with Crippen molar-refractivity contribution in [1.82, 2.24) is 14.5 Å². The van der Waals surface area contributed by atoms with Crippen molar-refractivity contribution in [2.75, 3.05) is 20.1 Å². The van der Waals surface area contributed by atoms with E-state index in [1.807, 2.05) is 4.72 Å². The molecule has 1 aliphatic carbocycles. The molecule has 0 radical (unpaired) electrons. The quantitative estimate of drug-likeness (QED) is 0.730. The van der Waals surface area contributed by atoms with Gasteiger partial charge in [0.15, 0.2) is 0 Å². The second-order valence-electron chi connectivity index (χ2n) is 8.59. The van der Waals surface area contributed by atoms with Crippen molar-refractivity contribution in [3.05, 3.63) is 41.7 Å². The molecular formula is C21H26FN3O4S. The van der Waals surface area contributed by atoms with Crippen LogP contribution in [-0.4, -0.2) is 62.3 Å². The van der Waals surface area contributed by atoms with Gasteiger partial charge in [0, 0.05) is 36.7 Å². The molecule has 2 aliphatic heterocycles. The van der Waals surface area contributed by atoms with E-state index in [2.05, 4.69) is 18.5 Å². The molecule has 2 amide bonds. The van der Waals surface area contributed by atoms with E-state index in [0.29, 0.717) is 32.0 Å². The van der Waals surface area contributed by atoms with Crippen LogP contribution in [0.25, 0.3) is 0 Å². The van der Waals surface area contributed by atoms with Crippen molar-refractivity contribution in [2.24, 2.45) is 5.92 Å². The van der Waals surface area contributed by atoms with Crippen LogP contribution in [0.1, 0.15) is 42.5 Å². The van der Waals surface area contributed by atoms with Crippen molar-refractivity contribution < 1.29 is 22.4 Å². The second-order valence-corrected chi connectivity index (χ2v) is 10.3. The number of rotatable bonds is 4. The summed E-state index contributed by atoms with van der Waals surface area (Å²) in [4.78, 5) is 28.7. The summed E-state index contributed by atoms with van der Waals surface area (Å²) in [7, 11) is -2.22. The summed E-state index contributed by atoms with van der Waals surface area (Å²) in [6.07, 6.45) is 3.84. The second kappa shape index (κ2) is 7.77. The molecule has 2 atom stereocenters. The van der Waals surface area contributed by atoms with Crippen LogP contribution in [0.15, 0.2) is 35.2 Å². The Morgan fingerprint density at radius 3 is 2.53 bits per heavy atom. The molecule has 1 saturated carbocycles. The number of fused-ring (bicyclic) bond motifs is 2. The van der Waals surface area contributed by atoms with Gasteiger partial charge in [0.25, 0.3) is 15.9 Å². The number of halogens is 1. The maximum Gasteiger partial charge on any atom is 0.264 e. The van der Waals surface area contributed by atoms with E-state index in [-0.39, 0.29) is 11.6 Å². The minimum atomic E-state index is -4.28. The Kier molecular flexibility index (Phi) is 5.44. The molecule has 3 fully saturated rings. The predicted molar refractivity (Wildman–Crippen MR) is 109 cm³/mol. The maximum atomic E-state index is 14.2. The van der Waals surface area contributed by atoms with Gasteiger partial charge in [-0.05, 0) is 57.4 Å². The number of benzene rings is 1. The molecular weight excluding hydrogens is 409 g/mol. The van der Waals surface area contributed by atoms with Gasteiger partial charge in [0.2, 0.25) is 5.91 Å². The highest BCUT2D eigenvalue weighted by Gasteiger charge is 2.37. The number of hydrogen-bond donors (Lipinski definition) is 1. The monoisotopic (exact) mass is 435 g/mol. The lowest BCUT2D eigenvalue weighted by atomic mass is 9.81. The van der Waals surface area contributed by atoms with Gasteiger partial charge in [-0.2, -0.15) is 0 Å². The summed E-state index contributed by atoms with van der Waals surface area (Å²) in [5.41, 5.74) is 0.864. The largest absolute Gasteiger partial charge is 0.337 e. The van der Waals surface area contributed by atoms with Gasteiger partial charge in [-0.1, -0.05) is 12.2 Å². The number of nitrogens with zero attached hydrogens (tertiary/aromatic N) is 2. The molecule has 7 nitrogen and oxygen atoms in total. The molecule has 0 aromatic heterocycles. The molecule has 4 rings (SSSR count). The van der Waals surface area contributed by atoms with Crippen molar-refractivity contribution in [3.63, 3.8) is 0 Å². The maximum absolute atomic E-state index is 14.2. The fraction of sp³-hybridized carbons (Fsp3) is 0.524. The molecule has 9 heteroatoms. The lowest BCUT2D eigenvalue weighted by Crippen LogP contribution is -2.40. The number of amides is 2. The van der Waals surface area contributed by atoms with E-state index in [1.165, 1.54) is 0 Å². The van der Waals surface area contributed by atoms with Crippen LogP contribution < -0.4 is 4.72 Å². The predicted octanol–water partition coefficient (Wildman–Crippen LogP) is 1.91. The van der Waals surface area contributed by atoms with E-state index in [9.17, 15) is 22.4 Å². The zero-order valence-electron chi connectivity index (χ0n) is 16.9. The van der Waals surface area contributed by atoms with Gasteiger partial charge in [0.1, 0.15) is 5.82 Å². The number of sulfonamides is 1. The minimum absolute atomic E-state index is 0.0275. The highest BCUT2D eigenvalue weighted by atomic mass is 32.2. The first kappa shape index (κ1) is 21.0. The fourth-order valence-corrected chi connectivity index (χ4v) is 5.71. The topological polar surface area (TPSA) is 86.8 Å². The Bertz CT molecular complexity index is 1000. The summed E-state index contributed by atoms with van der Waals surface area (Å²) in [5.74, 6) is -2.30. The van der Waals surface area contributed by atoms with Crippen molar-refractivity contribution >= 4 is 21.8 Å². The highest BCUT2D eigenvalue weighted by Crippen LogP contribution is 2.32. The Hall–Kier alpha value is -2.26. The number of allylic oxidation sites excluding steroid dienone is 1. The lowest BCUT2D eigenvalue weighted by molar-refractivity contribution is -0.124. The number of carbonyl (C=O) groups excluding carboxylic acids is 2. The molecule has 0 spiro atoms. The van der Waals surface area contributed by atoms with E-state index in [0.717, 1.165) is 43.0 Å². The third-order valence-corrected chi connectivity index (χ3v) is 7.87. The van der Waals surface area contributed by atoms with Crippen LogP contribution >= 0.6 is 0 Å².